The number of carboxylic acids is 1. The Hall–Kier alpha value is -2.67. The number of ether oxygens (including phenoxy) is 1. The van der Waals surface area contributed by atoms with Gasteiger partial charge < -0.3 is 9.84 Å². The molecule has 1 N–H and O–H groups in total. The molecule has 0 saturated heterocycles. The Labute approximate surface area is 172 Å². The van der Waals surface area contributed by atoms with Gasteiger partial charge in [-0.2, -0.15) is 0 Å². The van der Waals surface area contributed by atoms with E-state index in [2.05, 4.69) is 4.98 Å². The minimum atomic E-state index is -4.27. The highest BCUT2D eigenvalue weighted by atomic mass is 32.2. The maximum absolute atomic E-state index is 13.8. The molecule has 0 aliphatic rings. The maximum atomic E-state index is 13.8. The van der Waals surface area contributed by atoms with Crippen LogP contribution in [0.1, 0.15) is 32.8 Å². The van der Waals surface area contributed by atoms with E-state index in [1.807, 2.05) is 13.8 Å². The summed E-state index contributed by atoms with van der Waals surface area (Å²) in [5, 5.41) is 10.3. The van der Waals surface area contributed by atoms with E-state index in [4.69, 9.17) is 4.74 Å². The second-order valence-electron chi connectivity index (χ2n) is 7.17. The number of pyridine rings is 1. The first-order valence-electron chi connectivity index (χ1n) is 9.35. The number of sulfone groups is 1. The van der Waals surface area contributed by atoms with E-state index < -0.39 is 26.5 Å². The van der Waals surface area contributed by atoms with Crippen LogP contribution in [0.5, 0.6) is 5.75 Å². The van der Waals surface area contributed by atoms with Gasteiger partial charge in [0.1, 0.15) is 5.75 Å². The summed E-state index contributed by atoms with van der Waals surface area (Å²) in [6, 6.07) is 9.19. The highest BCUT2D eigenvalue weighted by Gasteiger charge is 2.56. The molecule has 0 fully saturated rings. The monoisotopic (exact) mass is 417 g/mol. The summed E-state index contributed by atoms with van der Waals surface area (Å²) in [5.74, 6) is -1.60. The zero-order chi connectivity index (χ0) is 21.7. The van der Waals surface area contributed by atoms with E-state index in [0.29, 0.717) is 17.7 Å². The summed E-state index contributed by atoms with van der Waals surface area (Å²) in [4.78, 5) is 16.7. The molecular weight excluding hydrogens is 390 g/mol. The third-order valence-electron chi connectivity index (χ3n) is 4.97. The lowest BCUT2D eigenvalue weighted by Gasteiger charge is -2.35. The van der Waals surface area contributed by atoms with Crippen LogP contribution in [0.3, 0.4) is 0 Å². The normalized spacial score (nSPS) is 14.5. The standard InChI is InChI=1S/C22H27NO5S/c1-5-18(13-16(2)3)22(21(24)25,14-17-7-6-12-23-15-17)29(26,27)20-10-8-19(28-4)9-11-20/h6-13,15,18H,5,14H2,1-4H3,(H,24,25). The smallest absolute Gasteiger partial charge is 0.326 e. The average Bonchev–Trinajstić information content (AvgIpc) is 2.70. The van der Waals surface area contributed by atoms with Crippen LogP contribution in [0.15, 0.2) is 65.3 Å². The number of aromatic nitrogens is 1. The summed E-state index contributed by atoms with van der Waals surface area (Å²) in [6.07, 6.45) is 4.99. The van der Waals surface area contributed by atoms with E-state index in [1.54, 1.807) is 31.3 Å². The lowest BCUT2D eigenvalue weighted by Crippen LogP contribution is -2.53. The molecule has 0 bridgehead atoms. The van der Waals surface area contributed by atoms with Crippen molar-refractivity contribution in [3.63, 3.8) is 0 Å². The van der Waals surface area contributed by atoms with Crippen LogP contribution in [0.4, 0.5) is 0 Å². The number of allylic oxidation sites excluding steroid dienone is 2. The van der Waals surface area contributed by atoms with Crippen molar-refractivity contribution in [1.82, 2.24) is 4.98 Å². The number of rotatable bonds is 9. The Morgan fingerprint density at radius 1 is 1.24 bits per heavy atom. The van der Waals surface area contributed by atoms with Crippen molar-refractivity contribution in [2.75, 3.05) is 7.11 Å². The first kappa shape index (κ1) is 22.6. The van der Waals surface area contributed by atoms with Crippen molar-refractivity contribution in [2.45, 2.75) is 43.3 Å². The molecule has 2 aromatic rings. The first-order chi connectivity index (χ1) is 13.7. The SMILES string of the molecule is CCC(C=C(C)C)C(Cc1cccnc1)(C(=O)O)S(=O)(=O)c1ccc(OC)cc1. The molecule has 1 heterocycles. The lowest BCUT2D eigenvalue weighted by molar-refractivity contribution is -0.141. The zero-order valence-electron chi connectivity index (χ0n) is 17.1. The van der Waals surface area contributed by atoms with Crippen LogP contribution >= 0.6 is 0 Å². The Balaban J connectivity index is 2.78. The number of hydrogen-bond donors (Lipinski definition) is 1. The fourth-order valence-electron chi connectivity index (χ4n) is 3.53. The minimum absolute atomic E-state index is 0.0507. The average molecular weight is 418 g/mol. The van der Waals surface area contributed by atoms with Crippen molar-refractivity contribution >= 4 is 15.8 Å². The summed E-state index contributed by atoms with van der Waals surface area (Å²) in [5.41, 5.74) is 1.41. The fraction of sp³-hybridized carbons (Fsp3) is 0.364. The fourth-order valence-corrected chi connectivity index (χ4v) is 5.67. The molecule has 0 saturated carbocycles. The summed E-state index contributed by atoms with van der Waals surface area (Å²) in [6.45, 7) is 5.47. The van der Waals surface area contributed by atoms with Crippen LogP contribution in [0.2, 0.25) is 0 Å². The Bertz CT molecular complexity index is 964. The van der Waals surface area contributed by atoms with E-state index in [-0.39, 0.29) is 11.3 Å². The summed E-state index contributed by atoms with van der Waals surface area (Å²) < 4.78 is 30.7. The van der Waals surface area contributed by atoms with Gasteiger partial charge in [-0.05, 0) is 56.2 Å². The highest BCUT2D eigenvalue weighted by molar-refractivity contribution is 7.93. The van der Waals surface area contributed by atoms with Gasteiger partial charge in [0, 0.05) is 24.7 Å². The number of methoxy groups -OCH3 is 1. The molecule has 7 heteroatoms. The molecule has 0 amide bonds. The number of benzene rings is 1. The Morgan fingerprint density at radius 3 is 2.34 bits per heavy atom. The Kier molecular flexibility index (Phi) is 7.19. The van der Waals surface area contributed by atoms with Gasteiger partial charge in [-0.3, -0.25) is 9.78 Å². The molecule has 2 unspecified atom stereocenters. The number of carboxylic acid groups (broad SMARTS) is 1. The highest BCUT2D eigenvalue weighted by Crippen LogP contribution is 2.40. The molecule has 2 atom stereocenters. The molecule has 156 valence electrons. The number of aliphatic carboxylic acids is 1. The summed E-state index contributed by atoms with van der Waals surface area (Å²) in [7, 11) is -2.79. The quantitative estimate of drug-likeness (QED) is 0.622. The van der Waals surface area contributed by atoms with Crippen LogP contribution < -0.4 is 4.74 Å². The van der Waals surface area contributed by atoms with Crippen molar-refractivity contribution in [3.8, 4) is 5.75 Å². The molecular formula is C22H27NO5S. The van der Waals surface area contributed by atoms with Crippen LogP contribution in [-0.2, 0) is 21.1 Å². The van der Waals surface area contributed by atoms with Crippen LogP contribution in [-0.4, -0.2) is 36.3 Å². The van der Waals surface area contributed by atoms with Gasteiger partial charge in [0.2, 0.25) is 0 Å². The van der Waals surface area contributed by atoms with Gasteiger partial charge in [-0.15, -0.1) is 0 Å². The molecule has 6 nitrogen and oxygen atoms in total. The van der Waals surface area contributed by atoms with E-state index >= 15 is 0 Å². The van der Waals surface area contributed by atoms with E-state index in [0.717, 1.165) is 5.57 Å². The third-order valence-corrected chi connectivity index (χ3v) is 7.45. The summed E-state index contributed by atoms with van der Waals surface area (Å²) >= 11 is 0. The molecule has 0 radical (unpaired) electrons. The van der Waals surface area contributed by atoms with E-state index in [1.165, 1.54) is 37.6 Å². The molecule has 0 aliphatic carbocycles. The van der Waals surface area contributed by atoms with Crippen LogP contribution in [0, 0.1) is 5.92 Å². The van der Waals surface area contributed by atoms with Crippen molar-refractivity contribution in [1.29, 1.82) is 0 Å². The topological polar surface area (TPSA) is 93.6 Å². The molecule has 1 aromatic heterocycles. The second-order valence-corrected chi connectivity index (χ2v) is 9.38. The maximum Gasteiger partial charge on any atom is 0.326 e. The predicted molar refractivity (Wildman–Crippen MR) is 112 cm³/mol. The largest absolute Gasteiger partial charge is 0.497 e. The van der Waals surface area contributed by atoms with Gasteiger partial charge in [0.25, 0.3) is 0 Å². The van der Waals surface area contributed by atoms with Gasteiger partial charge in [-0.25, -0.2) is 8.42 Å². The predicted octanol–water partition coefficient (Wildman–Crippen LogP) is 3.92. The van der Waals surface area contributed by atoms with Crippen LogP contribution in [0.25, 0.3) is 0 Å². The van der Waals surface area contributed by atoms with Crippen molar-refractivity contribution < 1.29 is 23.1 Å². The van der Waals surface area contributed by atoms with Crippen molar-refractivity contribution in [2.24, 2.45) is 5.92 Å². The second kappa shape index (κ2) is 9.22. The molecule has 2 rings (SSSR count). The number of hydrogen-bond acceptors (Lipinski definition) is 5. The number of nitrogens with zero attached hydrogens (tertiary/aromatic N) is 1. The van der Waals surface area contributed by atoms with Crippen molar-refractivity contribution in [3.05, 3.63) is 66.0 Å². The molecule has 0 spiro atoms. The lowest BCUT2D eigenvalue weighted by atomic mass is 9.83. The first-order valence-corrected chi connectivity index (χ1v) is 10.8. The zero-order valence-corrected chi connectivity index (χ0v) is 17.9. The third kappa shape index (κ3) is 4.50. The van der Waals surface area contributed by atoms with Gasteiger partial charge in [-0.1, -0.05) is 24.6 Å². The minimum Gasteiger partial charge on any atom is -0.497 e. The Morgan fingerprint density at radius 2 is 1.90 bits per heavy atom. The molecule has 0 aliphatic heterocycles. The molecule has 29 heavy (non-hydrogen) atoms. The number of carbonyl (C=O) groups is 1. The molecule has 1 aromatic carbocycles. The van der Waals surface area contributed by atoms with Gasteiger partial charge in [0.05, 0.1) is 12.0 Å². The van der Waals surface area contributed by atoms with E-state index in [9.17, 15) is 18.3 Å². The van der Waals surface area contributed by atoms with Gasteiger partial charge in [0.15, 0.2) is 14.6 Å². The van der Waals surface area contributed by atoms with Gasteiger partial charge >= 0.3 is 5.97 Å².